The Kier molecular flexibility index (Phi) is 7.10. The summed E-state index contributed by atoms with van der Waals surface area (Å²) in [4.78, 5) is 60.5. The number of nitrogens with zero attached hydrogens (tertiary/aromatic N) is 5. The molecular formula is C24H24N7O6S2+. The first-order valence-corrected chi connectivity index (χ1v) is 13.8. The van der Waals surface area contributed by atoms with Crippen molar-refractivity contribution in [3.05, 3.63) is 58.8 Å². The fourth-order valence-corrected chi connectivity index (χ4v) is 6.33. The molecule has 5 heterocycles. The number of nitrogens with two attached hydrogens (primary N) is 1. The molecular weight excluding hydrogens is 546 g/mol. The molecule has 202 valence electrons. The van der Waals surface area contributed by atoms with Crippen LogP contribution >= 0.6 is 23.1 Å². The zero-order valence-corrected chi connectivity index (χ0v) is 22.5. The number of oxime groups is 1. The van der Waals surface area contributed by atoms with Crippen molar-refractivity contribution >= 4 is 63.0 Å². The molecule has 0 spiro atoms. The minimum absolute atomic E-state index is 0.0664. The molecule has 4 N–H and O–H groups in total. The number of amides is 2. The molecule has 0 bridgehead atoms. The number of fused-ring (bicyclic) bond motifs is 2. The van der Waals surface area contributed by atoms with Crippen molar-refractivity contribution in [1.82, 2.24) is 19.6 Å². The van der Waals surface area contributed by atoms with Crippen molar-refractivity contribution in [3.63, 3.8) is 0 Å². The van der Waals surface area contributed by atoms with Crippen LogP contribution in [0.15, 0.2) is 52.5 Å². The lowest BCUT2D eigenvalue weighted by Crippen LogP contribution is -2.71. The average molecular weight is 571 g/mol. The molecule has 15 heteroatoms. The van der Waals surface area contributed by atoms with Crippen molar-refractivity contribution in [2.45, 2.75) is 31.8 Å². The summed E-state index contributed by atoms with van der Waals surface area (Å²) in [5, 5.41) is 17.7. The number of carbonyl (C=O) groups excluding carboxylic acids is 3. The van der Waals surface area contributed by atoms with E-state index < -0.39 is 29.2 Å². The molecule has 1 saturated heterocycles. The number of rotatable bonds is 9. The Hall–Kier alpha value is -4.24. The molecule has 0 unspecified atom stereocenters. The van der Waals surface area contributed by atoms with Gasteiger partial charge in [-0.1, -0.05) is 5.16 Å². The number of hydrogen-bond donors (Lipinski definition) is 3. The van der Waals surface area contributed by atoms with Crippen LogP contribution in [0.4, 0.5) is 5.13 Å². The summed E-state index contributed by atoms with van der Waals surface area (Å²) in [6, 6.07) is 2.59. The van der Waals surface area contributed by atoms with Crippen LogP contribution in [0.2, 0.25) is 0 Å². The standard InChI is InChI=1S/C24H23N7O6S2/c1-3-37-28-17(15-11-39-24(25)26-15)20(33)27-18-21(34)31-19(23(35)36)13(10-38-22(18)31)8-29-6-7-30-14(9-29)4-5-16(30)12(2)32/h4-7,9,11,18,22H,3,8,10H2,1-2H3,(H3-,25,26,27,33,35,36)/p+1/b28-17-/t18-,22+/m1/s1. The normalized spacial score (nSPS) is 19.1. The summed E-state index contributed by atoms with van der Waals surface area (Å²) in [6.07, 6.45) is 5.29. The number of carboxylic acids is 1. The Morgan fingerprint density at radius 1 is 1.36 bits per heavy atom. The third-order valence-electron chi connectivity index (χ3n) is 6.19. The van der Waals surface area contributed by atoms with E-state index in [2.05, 4.69) is 15.5 Å². The number of carboxylic acid groups (broad SMARTS) is 1. The Balaban J connectivity index is 1.36. The van der Waals surface area contributed by atoms with Gasteiger partial charge in [0.25, 0.3) is 11.8 Å². The maximum atomic E-state index is 13.1. The molecule has 39 heavy (non-hydrogen) atoms. The molecule has 2 amide bonds. The van der Waals surface area contributed by atoms with E-state index in [9.17, 15) is 24.3 Å². The zero-order chi connectivity index (χ0) is 27.8. The first kappa shape index (κ1) is 26.4. The van der Waals surface area contributed by atoms with E-state index in [1.165, 1.54) is 23.6 Å². The second kappa shape index (κ2) is 10.5. The number of aliphatic carboxylic acids is 1. The van der Waals surface area contributed by atoms with Gasteiger partial charge in [-0.05, 0) is 19.1 Å². The quantitative estimate of drug-likeness (QED) is 0.110. The van der Waals surface area contributed by atoms with Crippen LogP contribution in [-0.4, -0.2) is 72.4 Å². The topological polar surface area (TPSA) is 173 Å². The Morgan fingerprint density at radius 2 is 2.15 bits per heavy atom. The second-order valence-electron chi connectivity index (χ2n) is 8.72. The zero-order valence-electron chi connectivity index (χ0n) is 20.9. The summed E-state index contributed by atoms with van der Waals surface area (Å²) < 4.78 is 3.56. The predicted octanol–water partition coefficient (Wildman–Crippen LogP) is 0.648. The number of anilines is 1. The van der Waals surface area contributed by atoms with Gasteiger partial charge >= 0.3 is 5.97 Å². The smallest absolute Gasteiger partial charge is 0.352 e. The number of nitrogens with one attached hydrogen (secondary N) is 1. The van der Waals surface area contributed by atoms with Crippen LogP contribution < -0.4 is 15.6 Å². The van der Waals surface area contributed by atoms with Crippen LogP contribution in [-0.2, 0) is 25.8 Å². The lowest BCUT2D eigenvalue weighted by Gasteiger charge is -2.49. The number of nitrogen functional groups attached to an aromatic ring is 1. The molecule has 3 aromatic heterocycles. The number of Topliss-reactive ketones (excluding diaryl/α,β-unsaturated/α-hetero) is 1. The SMILES string of the molecule is CCO/N=C(\C(=O)N[C@@H]1C(=O)N2C(C(=O)O)=C(C[n+]3ccn4c(C(C)=O)ccc4c3)CS[C@@H]12)c1csc(N)n1. The van der Waals surface area contributed by atoms with Crippen LogP contribution in [0.5, 0.6) is 0 Å². The summed E-state index contributed by atoms with van der Waals surface area (Å²) >= 11 is 2.49. The van der Waals surface area contributed by atoms with Gasteiger partial charge in [0.1, 0.15) is 34.9 Å². The highest BCUT2D eigenvalue weighted by Gasteiger charge is 2.54. The molecule has 0 aliphatic carbocycles. The van der Waals surface area contributed by atoms with Gasteiger partial charge in [0.05, 0.1) is 11.9 Å². The maximum absolute atomic E-state index is 13.1. The second-order valence-corrected chi connectivity index (χ2v) is 10.7. The number of carbonyl (C=O) groups is 4. The van der Waals surface area contributed by atoms with Crippen molar-refractivity contribution in [1.29, 1.82) is 0 Å². The predicted molar refractivity (Wildman–Crippen MR) is 142 cm³/mol. The molecule has 2 aliphatic heterocycles. The van der Waals surface area contributed by atoms with Crippen LogP contribution in [0.1, 0.15) is 30.0 Å². The van der Waals surface area contributed by atoms with E-state index >= 15 is 0 Å². The van der Waals surface area contributed by atoms with E-state index in [-0.39, 0.29) is 41.2 Å². The fourth-order valence-electron chi connectivity index (χ4n) is 4.45. The third kappa shape index (κ3) is 4.85. The molecule has 2 atom stereocenters. The molecule has 0 aromatic carbocycles. The Labute approximate surface area is 229 Å². The highest BCUT2D eigenvalue weighted by atomic mass is 32.2. The molecule has 5 rings (SSSR count). The third-order valence-corrected chi connectivity index (χ3v) is 8.20. The highest BCUT2D eigenvalue weighted by Crippen LogP contribution is 2.40. The van der Waals surface area contributed by atoms with Gasteiger partial charge < -0.3 is 25.4 Å². The van der Waals surface area contributed by atoms with Crippen molar-refractivity contribution in [2.75, 3.05) is 18.1 Å². The maximum Gasteiger partial charge on any atom is 0.352 e. The monoisotopic (exact) mass is 570 g/mol. The van der Waals surface area contributed by atoms with Gasteiger partial charge in [0.2, 0.25) is 0 Å². The van der Waals surface area contributed by atoms with Crippen molar-refractivity contribution in [3.8, 4) is 0 Å². The summed E-state index contributed by atoms with van der Waals surface area (Å²) in [6.45, 7) is 3.64. The van der Waals surface area contributed by atoms with Gasteiger partial charge in [-0.25, -0.2) is 9.78 Å². The Bertz CT molecular complexity index is 1580. The molecule has 13 nitrogen and oxygen atoms in total. The van der Waals surface area contributed by atoms with E-state index in [1.54, 1.807) is 52.0 Å². The van der Waals surface area contributed by atoms with E-state index in [0.29, 0.717) is 17.0 Å². The van der Waals surface area contributed by atoms with Gasteiger partial charge in [-0.15, -0.1) is 23.1 Å². The largest absolute Gasteiger partial charge is 0.477 e. The van der Waals surface area contributed by atoms with Gasteiger partial charge in [-0.3, -0.25) is 19.3 Å². The number of hydrogen-bond acceptors (Lipinski definition) is 10. The van der Waals surface area contributed by atoms with E-state index in [1.807, 2.05) is 0 Å². The molecule has 0 radical (unpaired) electrons. The molecule has 1 fully saturated rings. The van der Waals surface area contributed by atoms with E-state index in [0.717, 1.165) is 16.9 Å². The fraction of sp³-hybridized carbons (Fsp3) is 0.292. The summed E-state index contributed by atoms with van der Waals surface area (Å²) in [5.41, 5.74) is 7.54. The summed E-state index contributed by atoms with van der Waals surface area (Å²) in [5.74, 6) is -2.18. The first-order chi connectivity index (χ1) is 18.7. The van der Waals surface area contributed by atoms with Crippen LogP contribution in [0, 0.1) is 0 Å². The van der Waals surface area contributed by atoms with Crippen LogP contribution in [0.25, 0.3) is 5.52 Å². The molecule has 3 aromatic rings. The lowest BCUT2D eigenvalue weighted by atomic mass is 10.0. The highest BCUT2D eigenvalue weighted by molar-refractivity contribution is 8.00. The number of thioether (sulfide) groups is 1. The number of thiazole rings is 1. The molecule has 0 saturated carbocycles. The van der Waals surface area contributed by atoms with E-state index in [4.69, 9.17) is 10.6 Å². The minimum atomic E-state index is -1.23. The average Bonchev–Trinajstić information content (AvgIpc) is 3.53. The Morgan fingerprint density at radius 3 is 2.82 bits per heavy atom. The first-order valence-electron chi connectivity index (χ1n) is 11.8. The van der Waals surface area contributed by atoms with Gasteiger partial charge in [-0.2, -0.15) is 4.57 Å². The van der Waals surface area contributed by atoms with Gasteiger partial charge in [0.15, 0.2) is 35.6 Å². The van der Waals surface area contributed by atoms with Crippen molar-refractivity contribution < 1.29 is 33.7 Å². The molecule has 2 aliphatic rings. The van der Waals surface area contributed by atoms with Gasteiger partial charge in [0, 0.05) is 23.6 Å². The number of β-lactam (4-membered cyclic amide) rings is 1. The summed E-state index contributed by atoms with van der Waals surface area (Å²) in [7, 11) is 0. The number of ketones is 1. The van der Waals surface area contributed by atoms with Crippen LogP contribution in [0.3, 0.4) is 0 Å². The number of aromatic nitrogens is 3. The lowest BCUT2D eigenvalue weighted by molar-refractivity contribution is -0.688. The minimum Gasteiger partial charge on any atom is -0.477 e. The van der Waals surface area contributed by atoms with Crippen molar-refractivity contribution in [2.24, 2.45) is 5.16 Å².